The van der Waals surface area contributed by atoms with E-state index < -0.39 is 11.8 Å². The second-order valence-electron chi connectivity index (χ2n) is 5.08. The van der Waals surface area contributed by atoms with Gasteiger partial charge in [-0.25, -0.2) is 5.43 Å². The summed E-state index contributed by atoms with van der Waals surface area (Å²) < 4.78 is 10.5. The number of nitrogens with zero attached hydrogens (tertiary/aromatic N) is 1. The normalized spacial score (nSPS) is 12.2. The lowest BCUT2D eigenvalue weighted by Gasteiger charge is -2.06. The van der Waals surface area contributed by atoms with Crippen molar-refractivity contribution < 1.29 is 19.1 Å². The van der Waals surface area contributed by atoms with Gasteiger partial charge in [0.05, 0.1) is 6.21 Å². The first-order valence-corrected chi connectivity index (χ1v) is 7.23. The van der Waals surface area contributed by atoms with Gasteiger partial charge < -0.3 is 14.8 Å². The molecule has 0 unspecified atom stereocenters. The molecule has 7 nitrogen and oxygen atoms in total. The number of rotatable bonds is 3. The molecule has 24 heavy (non-hydrogen) atoms. The SMILES string of the molecule is Cc1ccccc1NC(=O)C(=O)N/N=C\c1ccc2c(c1)OCO2. The molecule has 0 aliphatic carbocycles. The third-order valence-corrected chi connectivity index (χ3v) is 3.38. The van der Waals surface area contributed by atoms with Gasteiger partial charge in [-0.2, -0.15) is 5.10 Å². The number of amides is 2. The van der Waals surface area contributed by atoms with Crippen LogP contribution in [0.25, 0.3) is 0 Å². The van der Waals surface area contributed by atoms with E-state index in [0.29, 0.717) is 22.7 Å². The highest BCUT2D eigenvalue weighted by molar-refractivity contribution is 6.39. The van der Waals surface area contributed by atoms with Crippen LogP contribution in [0.2, 0.25) is 0 Å². The van der Waals surface area contributed by atoms with Crippen molar-refractivity contribution in [3.63, 3.8) is 0 Å². The standard InChI is InChI=1S/C17H15N3O4/c1-11-4-2-3-5-13(11)19-16(21)17(22)20-18-9-12-6-7-14-15(8-12)24-10-23-14/h2-9H,10H2,1H3,(H,19,21)(H,20,22)/b18-9-. The lowest BCUT2D eigenvalue weighted by Crippen LogP contribution is -2.32. The molecule has 1 heterocycles. The maximum atomic E-state index is 11.8. The van der Waals surface area contributed by atoms with E-state index in [0.717, 1.165) is 5.56 Å². The largest absolute Gasteiger partial charge is 0.454 e. The van der Waals surface area contributed by atoms with Gasteiger partial charge in [0.1, 0.15) is 0 Å². The van der Waals surface area contributed by atoms with Crippen LogP contribution in [-0.2, 0) is 9.59 Å². The number of fused-ring (bicyclic) bond motifs is 1. The van der Waals surface area contributed by atoms with Crippen LogP contribution >= 0.6 is 0 Å². The minimum Gasteiger partial charge on any atom is -0.454 e. The van der Waals surface area contributed by atoms with Gasteiger partial charge in [-0.05, 0) is 42.3 Å². The molecule has 0 aromatic heterocycles. The molecule has 3 rings (SSSR count). The molecule has 0 spiro atoms. The molecule has 0 saturated heterocycles. The van der Waals surface area contributed by atoms with Gasteiger partial charge in [0, 0.05) is 5.69 Å². The van der Waals surface area contributed by atoms with Crippen LogP contribution < -0.4 is 20.2 Å². The first kappa shape index (κ1) is 15.5. The third-order valence-electron chi connectivity index (χ3n) is 3.38. The van der Waals surface area contributed by atoms with E-state index >= 15 is 0 Å². The summed E-state index contributed by atoms with van der Waals surface area (Å²) in [5.74, 6) is -0.362. The van der Waals surface area contributed by atoms with Crippen molar-refractivity contribution in [1.82, 2.24) is 5.43 Å². The molecule has 7 heteroatoms. The van der Waals surface area contributed by atoms with Gasteiger partial charge >= 0.3 is 11.8 Å². The Labute approximate surface area is 138 Å². The Kier molecular flexibility index (Phi) is 4.42. The van der Waals surface area contributed by atoms with Gasteiger partial charge in [0.25, 0.3) is 0 Å². The highest BCUT2D eigenvalue weighted by Crippen LogP contribution is 2.31. The van der Waals surface area contributed by atoms with Crippen LogP contribution in [0.4, 0.5) is 5.69 Å². The van der Waals surface area contributed by atoms with Gasteiger partial charge in [0.15, 0.2) is 11.5 Å². The second kappa shape index (κ2) is 6.82. The van der Waals surface area contributed by atoms with E-state index in [1.165, 1.54) is 6.21 Å². The van der Waals surface area contributed by atoms with Gasteiger partial charge in [-0.1, -0.05) is 18.2 Å². The number of hydrogen-bond acceptors (Lipinski definition) is 5. The fourth-order valence-corrected chi connectivity index (χ4v) is 2.10. The summed E-state index contributed by atoms with van der Waals surface area (Å²) in [6, 6.07) is 12.4. The molecule has 122 valence electrons. The smallest absolute Gasteiger partial charge is 0.329 e. The molecule has 0 bridgehead atoms. The van der Waals surface area contributed by atoms with E-state index in [1.807, 2.05) is 19.1 Å². The summed E-state index contributed by atoms with van der Waals surface area (Å²) in [6.07, 6.45) is 1.42. The van der Waals surface area contributed by atoms with Crippen LogP contribution in [0.15, 0.2) is 47.6 Å². The van der Waals surface area contributed by atoms with E-state index in [9.17, 15) is 9.59 Å². The van der Waals surface area contributed by atoms with E-state index in [2.05, 4.69) is 15.8 Å². The van der Waals surface area contributed by atoms with Crippen molar-refractivity contribution in [2.75, 3.05) is 12.1 Å². The zero-order valence-corrected chi connectivity index (χ0v) is 12.9. The molecule has 0 radical (unpaired) electrons. The molecular formula is C17H15N3O4. The zero-order valence-electron chi connectivity index (χ0n) is 12.9. The number of aryl methyl sites for hydroxylation is 1. The maximum absolute atomic E-state index is 11.8. The van der Waals surface area contributed by atoms with E-state index in [1.54, 1.807) is 30.3 Å². The molecule has 2 amide bonds. The Morgan fingerprint density at radius 1 is 1.08 bits per heavy atom. The first-order valence-electron chi connectivity index (χ1n) is 7.23. The number of anilines is 1. The van der Waals surface area contributed by atoms with Crippen molar-refractivity contribution in [3.05, 3.63) is 53.6 Å². The Morgan fingerprint density at radius 3 is 2.71 bits per heavy atom. The number of hydrazone groups is 1. The summed E-state index contributed by atoms with van der Waals surface area (Å²) in [5, 5.41) is 6.30. The Morgan fingerprint density at radius 2 is 1.88 bits per heavy atom. The lowest BCUT2D eigenvalue weighted by atomic mass is 10.2. The number of carbonyl (C=O) groups is 2. The fraction of sp³-hybridized carbons (Fsp3) is 0.118. The fourth-order valence-electron chi connectivity index (χ4n) is 2.10. The first-order chi connectivity index (χ1) is 11.6. The van der Waals surface area contributed by atoms with Crippen molar-refractivity contribution in [3.8, 4) is 11.5 Å². The molecule has 1 aliphatic heterocycles. The molecule has 0 fully saturated rings. The summed E-state index contributed by atoms with van der Waals surface area (Å²) >= 11 is 0. The summed E-state index contributed by atoms with van der Waals surface area (Å²) in [7, 11) is 0. The minimum absolute atomic E-state index is 0.186. The average Bonchev–Trinajstić information content (AvgIpc) is 3.04. The van der Waals surface area contributed by atoms with E-state index in [-0.39, 0.29) is 6.79 Å². The quantitative estimate of drug-likeness (QED) is 0.512. The number of carbonyl (C=O) groups excluding carboxylic acids is 2. The minimum atomic E-state index is -0.852. The number of hydrogen-bond donors (Lipinski definition) is 2. The highest BCUT2D eigenvalue weighted by atomic mass is 16.7. The van der Waals surface area contributed by atoms with Gasteiger partial charge in [0.2, 0.25) is 6.79 Å². The molecule has 1 aliphatic rings. The third kappa shape index (κ3) is 3.52. The van der Waals surface area contributed by atoms with Crippen molar-refractivity contribution >= 4 is 23.7 Å². The lowest BCUT2D eigenvalue weighted by molar-refractivity contribution is -0.136. The topological polar surface area (TPSA) is 89.0 Å². The van der Waals surface area contributed by atoms with Crippen LogP contribution in [0, 0.1) is 6.92 Å². The van der Waals surface area contributed by atoms with Crippen molar-refractivity contribution in [2.45, 2.75) is 6.92 Å². The number of nitrogens with one attached hydrogen (secondary N) is 2. The van der Waals surface area contributed by atoms with Crippen molar-refractivity contribution in [2.24, 2.45) is 5.10 Å². The predicted octanol–water partition coefficient (Wildman–Crippen LogP) is 1.81. The predicted molar refractivity (Wildman–Crippen MR) is 88.1 cm³/mol. The van der Waals surface area contributed by atoms with Crippen LogP contribution in [0.5, 0.6) is 11.5 Å². The highest BCUT2D eigenvalue weighted by Gasteiger charge is 2.14. The van der Waals surface area contributed by atoms with Crippen molar-refractivity contribution in [1.29, 1.82) is 0 Å². The summed E-state index contributed by atoms with van der Waals surface area (Å²) in [6.45, 7) is 2.02. The molecule has 0 saturated carbocycles. The Hall–Kier alpha value is -3.35. The second-order valence-corrected chi connectivity index (χ2v) is 5.08. The van der Waals surface area contributed by atoms with Crippen LogP contribution in [-0.4, -0.2) is 24.8 Å². The van der Waals surface area contributed by atoms with Gasteiger partial charge in [-0.3, -0.25) is 9.59 Å². The summed E-state index contributed by atoms with van der Waals surface area (Å²) in [5.41, 5.74) is 4.34. The zero-order chi connectivity index (χ0) is 16.9. The monoisotopic (exact) mass is 325 g/mol. The molecule has 2 aromatic carbocycles. The molecular weight excluding hydrogens is 310 g/mol. The Bertz CT molecular complexity index is 817. The van der Waals surface area contributed by atoms with E-state index in [4.69, 9.17) is 9.47 Å². The van der Waals surface area contributed by atoms with Gasteiger partial charge in [-0.15, -0.1) is 0 Å². The average molecular weight is 325 g/mol. The molecule has 2 N–H and O–H groups in total. The molecule has 0 atom stereocenters. The van der Waals surface area contributed by atoms with Crippen LogP contribution in [0.3, 0.4) is 0 Å². The number of ether oxygens (including phenoxy) is 2. The Balaban J connectivity index is 1.57. The van der Waals surface area contributed by atoms with Crippen LogP contribution in [0.1, 0.15) is 11.1 Å². The maximum Gasteiger partial charge on any atom is 0.329 e. The number of para-hydroxylation sites is 1. The molecule has 2 aromatic rings. The number of benzene rings is 2. The summed E-state index contributed by atoms with van der Waals surface area (Å²) in [4.78, 5) is 23.6.